The van der Waals surface area contributed by atoms with Crippen LogP contribution in [0.15, 0.2) is 53.9 Å². The second-order valence-corrected chi connectivity index (χ2v) is 8.17. The average molecular weight is 480 g/mol. The van der Waals surface area contributed by atoms with Crippen LogP contribution in [0.5, 0.6) is 11.5 Å². The number of carbonyl (C=O) groups is 2. The van der Waals surface area contributed by atoms with Crippen LogP contribution in [0.25, 0.3) is 17.2 Å². The zero-order valence-electron chi connectivity index (χ0n) is 19.8. The van der Waals surface area contributed by atoms with Crippen molar-refractivity contribution in [2.24, 2.45) is 0 Å². The molecule has 3 aromatic rings. The number of benzene rings is 2. The van der Waals surface area contributed by atoms with E-state index in [9.17, 15) is 9.59 Å². The van der Waals surface area contributed by atoms with Gasteiger partial charge in [0, 0.05) is 17.0 Å². The maximum absolute atomic E-state index is 12.7. The monoisotopic (exact) mass is 479 g/mol. The van der Waals surface area contributed by atoms with E-state index in [0.29, 0.717) is 28.7 Å². The van der Waals surface area contributed by atoms with Crippen LogP contribution in [-0.2, 0) is 16.0 Å². The molecule has 1 heterocycles. The summed E-state index contributed by atoms with van der Waals surface area (Å²) < 4.78 is 16.2. The normalized spacial score (nSPS) is 10.8. The van der Waals surface area contributed by atoms with Crippen molar-refractivity contribution in [1.29, 1.82) is 0 Å². The van der Waals surface area contributed by atoms with E-state index < -0.39 is 5.97 Å². The molecular formula is C27H29NO5S. The van der Waals surface area contributed by atoms with E-state index in [4.69, 9.17) is 14.2 Å². The van der Waals surface area contributed by atoms with Gasteiger partial charge in [-0.05, 0) is 55.2 Å². The van der Waals surface area contributed by atoms with Gasteiger partial charge in [0.05, 0.1) is 20.3 Å². The highest BCUT2D eigenvalue weighted by atomic mass is 32.1. The van der Waals surface area contributed by atoms with Gasteiger partial charge >= 0.3 is 5.97 Å². The average Bonchev–Trinajstić information content (AvgIpc) is 3.27. The van der Waals surface area contributed by atoms with Gasteiger partial charge in [-0.3, -0.25) is 4.79 Å². The second-order valence-electron chi connectivity index (χ2n) is 7.29. The van der Waals surface area contributed by atoms with Gasteiger partial charge in [-0.25, -0.2) is 4.79 Å². The number of rotatable bonds is 10. The number of hydrogen-bond acceptors (Lipinski definition) is 6. The molecule has 0 saturated heterocycles. The molecule has 178 valence electrons. The summed E-state index contributed by atoms with van der Waals surface area (Å²) in [5.41, 5.74) is 3.99. The van der Waals surface area contributed by atoms with Gasteiger partial charge in [0.2, 0.25) is 5.91 Å². The van der Waals surface area contributed by atoms with Crippen molar-refractivity contribution in [3.8, 4) is 22.6 Å². The minimum atomic E-state index is -0.464. The molecule has 0 aliphatic heterocycles. The molecular weight excluding hydrogens is 450 g/mol. The number of nitrogens with one attached hydrogen (secondary N) is 1. The summed E-state index contributed by atoms with van der Waals surface area (Å²) in [4.78, 5) is 25.4. The maximum atomic E-state index is 12.7. The molecule has 0 fully saturated rings. The summed E-state index contributed by atoms with van der Waals surface area (Å²) in [7, 11) is 1.57. The molecule has 34 heavy (non-hydrogen) atoms. The Morgan fingerprint density at radius 3 is 2.41 bits per heavy atom. The molecule has 3 rings (SSSR count). The van der Waals surface area contributed by atoms with Gasteiger partial charge < -0.3 is 19.5 Å². The topological polar surface area (TPSA) is 73.9 Å². The van der Waals surface area contributed by atoms with Gasteiger partial charge in [-0.1, -0.05) is 37.3 Å². The highest BCUT2D eigenvalue weighted by Crippen LogP contribution is 2.36. The lowest BCUT2D eigenvalue weighted by Crippen LogP contribution is -2.12. The van der Waals surface area contributed by atoms with Crippen molar-refractivity contribution < 1.29 is 23.8 Å². The molecule has 1 aromatic heterocycles. The van der Waals surface area contributed by atoms with Gasteiger partial charge in [-0.2, -0.15) is 0 Å². The van der Waals surface area contributed by atoms with E-state index in [-0.39, 0.29) is 12.5 Å². The number of aryl methyl sites for hydroxylation is 1. The van der Waals surface area contributed by atoms with E-state index in [2.05, 4.69) is 12.2 Å². The molecule has 0 aliphatic carbocycles. The van der Waals surface area contributed by atoms with E-state index in [1.165, 1.54) is 23.0 Å². The minimum Gasteiger partial charge on any atom is -0.493 e. The van der Waals surface area contributed by atoms with E-state index >= 15 is 0 Å². The first kappa shape index (κ1) is 25.1. The maximum Gasteiger partial charge on any atom is 0.341 e. The van der Waals surface area contributed by atoms with E-state index in [0.717, 1.165) is 23.1 Å². The standard InChI is InChI=1S/C27H29NO5S/c1-5-18-8-12-20(13-9-18)21-17-34-26(25(21)27(30)33-7-3)28-24(29)15-11-19-10-14-22(32-6-2)23(16-19)31-4/h8-17H,5-7H2,1-4H3,(H,28,29). The van der Waals surface area contributed by atoms with Crippen LogP contribution >= 0.6 is 11.3 Å². The Balaban J connectivity index is 1.83. The number of ether oxygens (including phenoxy) is 3. The summed E-state index contributed by atoms with van der Waals surface area (Å²) in [6.07, 6.45) is 4.03. The summed E-state index contributed by atoms with van der Waals surface area (Å²) in [5.74, 6) is 0.414. The largest absolute Gasteiger partial charge is 0.493 e. The molecule has 0 bridgehead atoms. The lowest BCUT2D eigenvalue weighted by atomic mass is 10.0. The molecule has 0 saturated carbocycles. The Bertz CT molecular complexity index is 1160. The molecule has 0 spiro atoms. The quantitative estimate of drug-likeness (QED) is 0.276. The molecule has 0 aliphatic rings. The first-order valence-electron chi connectivity index (χ1n) is 11.2. The molecule has 0 unspecified atom stereocenters. The second kappa shape index (κ2) is 12.0. The van der Waals surface area contributed by atoms with Crippen LogP contribution in [0.3, 0.4) is 0 Å². The van der Waals surface area contributed by atoms with Gasteiger partial charge in [0.1, 0.15) is 10.6 Å². The summed E-state index contributed by atoms with van der Waals surface area (Å²) in [6, 6.07) is 13.5. The Hall–Kier alpha value is -3.58. The van der Waals surface area contributed by atoms with E-state index in [1.54, 1.807) is 32.2 Å². The molecule has 7 heteroatoms. The highest BCUT2D eigenvalue weighted by molar-refractivity contribution is 7.15. The van der Waals surface area contributed by atoms with Crippen LogP contribution in [0, 0.1) is 0 Å². The fraction of sp³-hybridized carbons (Fsp3) is 0.259. The smallest absolute Gasteiger partial charge is 0.341 e. The molecule has 1 amide bonds. The predicted octanol–water partition coefficient (Wildman–Crippen LogP) is 6.21. The van der Waals surface area contributed by atoms with Gasteiger partial charge in [0.15, 0.2) is 11.5 Å². The molecule has 0 radical (unpaired) electrons. The van der Waals surface area contributed by atoms with Crippen molar-refractivity contribution in [3.63, 3.8) is 0 Å². The van der Waals surface area contributed by atoms with Crippen LogP contribution in [0.1, 0.15) is 42.3 Å². The third-order valence-electron chi connectivity index (χ3n) is 5.10. The van der Waals surface area contributed by atoms with Crippen molar-refractivity contribution >= 4 is 34.3 Å². The van der Waals surface area contributed by atoms with Crippen LogP contribution in [0.2, 0.25) is 0 Å². The van der Waals surface area contributed by atoms with Gasteiger partial charge in [0.25, 0.3) is 0 Å². The molecule has 1 N–H and O–H groups in total. The zero-order valence-corrected chi connectivity index (χ0v) is 20.7. The van der Waals surface area contributed by atoms with Crippen molar-refractivity contribution in [1.82, 2.24) is 0 Å². The summed E-state index contributed by atoms with van der Waals surface area (Å²) >= 11 is 1.30. The van der Waals surface area contributed by atoms with Crippen molar-refractivity contribution in [2.45, 2.75) is 27.2 Å². The van der Waals surface area contributed by atoms with Crippen molar-refractivity contribution in [3.05, 3.63) is 70.6 Å². The SMILES string of the molecule is CCOC(=O)c1c(-c2ccc(CC)cc2)csc1NC(=O)C=Cc1ccc(OCC)c(OC)c1. The summed E-state index contributed by atoms with van der Waals surface area (Å²) in [6.45, 7) is 6.52. The predicted molar refractivity (Wildman–Crippen MR) is 137 cm³/mol. The van der Waals surface area contributed by atoms with Crippen LogP contribution in [-0.4, -0.2) is 32.2 Å². The van der Waals surface area contributed by atoms with Crippen molar-refractivity contribution in [2.75, 3.05) is 25.6 Å². The van der Waals surface area contributed by atoms with Crippen LogP contribution in [0.4, 0.5) is 5.00 Å². The fourth-order valence-corrected chi connectivity index (χ4v) is 4.34. The number of thiophene rings is 1. The Morgan fingerprint density at radius 2 is 1.76 bits per heavy atom. The Labute approximate surface area is 204 Å². The Morgan fingerprint density at radius 1 is 1.00 bits per heavy atom. The first-order chi connectivity index (χ1) is 16.5. The van der Waals surface area contributed by atoms with Crippen LogP contribution < -0.4 is 14.8 Å². The number of amides is 1. The number of esters is 1. The lowest BCUT2D eigenvalue weighted by Gasteiger charge is -2.09. The third-order valence-corrected chi connectivity index (χ3v) is 5.99. The first-order valence-corrected chi connectivity index (χ1v) is 12.1. The van der Waals surface area contributed by atoms with E-state index in [1.807, 2.05) is 42.6 Å². The highest BCUT2D eigenvalue weighted by Gasteiger charge is 2.22. The molecule has 6 nitrogen and oxygen atoms in total. The molecule has 2 aromatic carbocycles. The number of hydrogen-bond donors (Lipinski definition) is 1. The minimum absolute atomic E-state index is 0.246. The fourth-order valence-electron chi connectivity index (χ4n) is 3.38. The third kappa shape index (κ3) is 6.05. The Kier molecular flexibility index (Phi) is 8.87. The molecule has 0 atom stereocenters. The number of carbonyl (C=O) groups excluding carboxylic acids is 2. The zero-order chi connectivity index (χ0) is 24.5. The number of anilines is 1. The van der Waals surface area contributed by atoms with Gasteiger partial charge in [-0.15, -0.1) is 11.3 Å². The lowest BCUT2D eigenvalue weighted by molar-refractivity contribution is -0.111. The summed E-state index contributed by atoms with van der Waals surface area (Å²) in [5, 5.41) is 5.14. The number of methoxy groups -OCH3 is 1.